The zero-order chi connectivity index (χ0) is 14.5. The molecule has 0 unspecified atom stereocenters. The number of rotatable bonds is 3. The van der Waals surface area contributed by atoms with Crippen LogP contribution in [-0.4, -0.2) is 30.3 Å². The van der Waals surface area contributed by atoms with Crippen LogP contribution in [0.4, 0.5) is 0 Å². The minimum absolute atomic E-state index is 0.229. The fourth-order valence-corrected chi connectivity index (χ4v) is 3.58. The number of piperidine rings is 1. The Morgan fingerprint density at radius 3 is 2.57 bits per heavy atom. The molecular formula is C19H25NO. The van der Waals surface area contributed by atoms with Crippen LogP contribution in [0.15, 0.2) is 35.9 Å². The van der Waals surface area contributed by atoms with Crippen LogP contribution >= 0.6 is 0 Å². The van der Waals surface area contributed by atoms with Crippen LogP contribution in [0.25, 0.3) is 6.08 Å². The molecule has 3 rings (SSSR count). The van der Waals surface area contributed by atoms with Crippen LogP contribution in [0.1, 0.15) is 44.1 Å². The Balaban J connectivity index is 1.67. The molecule has 0 spiro atoms. The van der Waals surface area contributed by atoms with Crippen molar-refractivity contribution in [3.8, 4) is 0 Å². The molecule has 1 aromatic rings. The Bertz CT molecular complexity index is 500. The Hall–Kier alpha value is -1.41. The minimum Gasteiger partial charge on any atom is -0.303 e. The van der Waals surface area contributed by atoms with Crippen molar-refractivity contribution in [2.75, 3.05) is 19.6 Å². The summed E-state index contributed by atoms with van der Waals surface area (Å²) in [6.45, 7) is 3.34. The molecule has 0 amide bonds. The number of Topliss-reactive ketones (excluding diaryl/α,β-unsaturated/α-hetero) is 1. The Morgan fingerprint density at radius 2 is 1.81 bits per heavy atom. The monoisotopic (exact) mass is 283 g/mol. The molecule has 2 nitrogen and oxygen atoms in total. The number of carbonyl (C=O) groups excluding carboxylic acids is 1. The molecule has 1 atom stereocenters. The SMILES string of the molecule is O=C1/C(=C\c2ccccc2)CCC[C@@H]1CN1CCCCC1. The van der Waals surface area contributed by atoms with Gasteiger partial charge >= 0.3 is 0 Å². The molecule has 1 saturated heterocycles. The number of ketones is 1. The summed E-state index contributed by atoms with van der Waals surface area (Å²) < 4.78 is 0. The first-order chi connectivity index (χ1) is 10.3. The fraction of sp³-hybridized carbons (Fsp3) is 0.526. The van der Waals surface area contributed by atoms with Crippen LogP contribution in [0.5, 0.6) is 0 Å². The maximum atomic E-state index is 12.7. The molecule has 0 radical (unpaired) electrons. The molecule has 0 aromatic heterocycles. The van der Waals surface area contributed by atoms with Gasteiger partial charge in [-0.15, -0.1) is 0 Å². The van der Waals surface area contributed by atoms with Crippen molar-refractivity contribution in [2.45, 2.75) is 38.5 Å². The van der Waals surface area contributed by atoms with Crippen LogP contribution < -0.4 is 0 Å². The third kappa shape index (κ3) is 3.82. The summed E-state index contributed by atoms with van der Waals surface area (Å²) in [5.41, 5.74) is 2.19. The second-order valence-electron chi connectivity index (χ2n) is 6.39. The minimum atomic E-state index is 0.229. The summed E-state index contributed by atoms with van der Waals surface area (Å²) in [5.74, 6) is 0.627. The number of benzene rings is 1. The van der Waals surface area contributed by atoms with Crippen molar-refractivity contribution >= 4 is 11.9 Å². The van der Waals surface area contributed by atoms with E-state index in [1.54, 1.807) is 0 Å². The number of hydrogen-bond acceptors (Lipinski definition) is 2. The van der Waals surface area contributed by atoms with Gasteiger partial charge in [-0.25, -0.2) is 0 Å². The second kappa shape index (κ2) is 7.04. The number of likely N-dealkylation sites (tertiary alicyclic amines) is 1. The van der Waals surface area contributed by atoms with Crippen LogP contribution in [0, 0.1) is 5.92 Å². The fourth-order valence-electron chi connectivity index (χ4n) is 3.58. The van der Waals surface area contributed by atoms with Crippen molar-refractivity contribution in [2.24, 2.45) is 5.92 Å². The number of carbonyl (C=O) groups is 1. The van der Waals surface area contributed by atoms with Crippen molar-refractivity contribution < 1.29 is 4.79 Å². The van der Waals surface area contributed by atoms with Gasteiger partial charge in [-0.05, 0) is 62.4 Å². The zero-order valence-electron chi connectivity index (χ0n) is 12.8. The van der Waals surface area contributed by atoms with E-state index in [1.807, 2.05) is 18.2 Å². The number of allylic oxidation sites excluding steroid dienone is 1. The van der Waals surface area contributed by atoms with Crippen molar-refractivity contribution in [3.63, 3.8) is 0 Å². The largest absolute Gasteiger partial charge is 0.303 e. The molecule has 2 fully saturated rings. The smallest absolute Gasteiger partial charge is 0.163 e. The van der Waals surface area contributed by atoms with Gasteiger partial charge in [0.2, 0.25) is 0 Å². The molecule has 2 heteroatoms. The Morgan fingerprint density at radius 1 is 1.05 bits per heavy atom. The topological polar surface area (TPSA) is 20.3 Å². The highest BCUT2D eigenvalue weighted by Crippen LogP contribution is 2.28. The maximum absolute atomic E-state index is 12.7. The van der Waals surface area contributed by atoms with E-state index in [0.29, 0.717) is 5.78 Å². The lowest BCUT2D eigenvalue weighted by atomic mass is 9.83. The van der Waals surface area contributed by atoms with E-state index in [4.69, 9.17) is 0 Å². The summed E-state index contributed by atoms with van der Waals surface area (Å²) in [5, 5.41) is 0. The molecule has 1 aromatic carbocycles. The molecule has 1 heterocycles. The van der Waals surface area contributed by atoms with Gasteiger partial charge in [-0.3, -0.25) is 4.79 Å². The average molecular weight is 283 g/mol. The predicted molar refractivity (Wildman–Crippen MR) is 87.1 cm³/mol. The van der Waals surface area contributed by atoms with Crippen LogP contribution in [0.3, 0.4) is 0 Å². The molecule has 0 N–H and O–H groups in total. The van der Waals surface area contributed by atoms with E-state index in [2.05, 4.69) is 23.1 Å². The molecular weight excluding hydrogens is 258 g/mol. The summed E-state index contributed by atoms with van der Waals surface area (Å²) in [6.07, 6.45) is 9.23. The highest BCUT2D eigenvalue weighted by atomic mass is 16.1. The average Bonchev–Trinajstić information content (AvgIpc) is 2.53. The molecule has 21 heavy (non-hydrogen) atoms. The van der Waals surface area contributed by atoms with E-state index >= 15 is 0 Å². The quantitative estimate of drug-likeness (QED) is 0.784. The highest BCUT2D eigenvalue weighted by Gasteiger charge is 2.28. The summed E-state index contributed by atoms with van der Waals surface area (Å²) in [4.78, 5) is 15.2. The third-order valence-corrected chi connectivity index (χ3v) is 4.75. The molecule has 1 aliphatic carbocycles. The first-order valence-electron chi connectivity index (χ1n) is 8.35. The standard InChI is InChI=1S/C19H25NO/c21-19-17(14-16-8-3-1-4-9-16)10-7-11-18(19)15-20-12-5-2-6-13-20/h1,3-4,8-9,14,18H,2,5-7,10-13,15H2/b17-14-/t18-/m1/s1. The van der Waals surface area contributed by atoms with E-state index in [0.717, 1.165) is 36.9 Å². The second-order valence-corrected chi connectivity index (χ2v) is 6.39. The van der Waals surface area contributed by atoms with E-state index in [-0.39, 0.29) is 5.92 Å². The van der Waals surface area contributed by atoms with Gasteiger partial charge in [0, 0.05) is 12.5 Å². The lowest BCUT2D eigenvalue weighted by molar-refractivity contribution is -0.121. The van der Waals surface area contributed by atoms with Gasteiger partial charge in [-0.2, -0.15) is 0 Å². The van der Waals surface area contributed by atoms with Gasteiger partial charge in [0.25, 0.3) is 0 Å². The highest BCUT2D eigenvalue weighted by molar-refractivity contribution is 6.01. The van der Waals surface area contributed by atoms with E-state index in [9.17, 15) is 4.79 Å². The van der Waals surface area contributed by atoms with Gasteiger partial charge in [0.1, 0.15) is 0 Å². The van der Waals surface area contributed by atoms with E-state index < -0.39 is 0 Å². The van der Waals surface area contributed by atoms with Crippen molar-refractivity contribution in [1.82, 2.24) is 4.90 Å². The molecule has 1 aliphatic heterocycles. The molecule has 1 saturated carbocycles. The summed E-state index contributed by atoms with van der Waals surface area (Å²) in [6, 6.07) is 10.2. The summed E-state index contributed by atoms with van der Waals surface area (Å²) >= 11 is 0. The van der Waals surface area contributed by atoms with Crippen molar-refractivity contribution in [1.29, 1.82) is 0 Å². The molecule has 2 aliphatic rings. The van der Waals surface area contributed by atoms with E-state index in [1.165, 1.54) is 32.4 Å². The Labute approximate surface area is 127 Å². The molecule has 112 valence electrons. The zero-order valence-corrected chi connectivity index (χ0v) is 12.8. The molecule has 0 bridgehead atoms. The Kier molecular flexibility index (Phi) is 4.87. The first kappa shape index (κ1) is 14.5. The summed E-state index contributed by atoms with van der Waals surface area (Å²) in [7, 11) is 0. The predicted octanol–water partition coefficient (Wildman–Crippen LogP) is 3.93. The maximum Gasteiger partial charge on any atom is 0.163 e. The van der Waals surface area contributed by atoms with Gasteiger partial charge in [0.15, 0.2) is 5.78 Å². The first-order valence-corrected chi connectivity index (χ1v) is 8.35. The lowest BCUT2D eigenvalue weighted by Gasteiger charge is -2.32. The number of nitrogens with zero attached hydrogens (tertiary/aromatic N) is 1. The number of hydrogen-bond donors (Lipinski definition) is 0. The lowest BCUT2D eigenvalue weighted by Crippen LogP contribution is -2.38. The van der Waals surface area contributed by atoms with Gasteiger partial charge in [-0.1, -0.05) is 36.8 Å². The normalized spacial score (nSPS) is 26.2. The van der Waals surface area contributed by atoms with Crippen LogP contribution in [0.2, 0.25) is 0 Å². The third-order valence-electron chi connectivity index (χ3n) is 4.75. The van der Waals surface area contributed by atoms with Crippen molar-refractivity contribution in [3.05, 3.63) is 41.5 Å². The van der Waals surface area contributed by atoms with Gasteiger partial charge in [0.05, 0.1) is 0 Å². The van der Waals surface area contributed by atoms with Crippen LogP contribution in [-0.2, 0) is 4.79 Å². The van der Waals surface area contributed by atoms with Gasteiger partial charge < -0.3 is 4.90 Å².